The van der Waals surface area contributed by atoms with Crippen molar-refractivity contribution in [2.45, 2.75) is 19.6 Å². The van der Waals surface area contributed by atoms with Gasteiger partial charge in [0.25, 0.3) is 0 Å². The van der Waals surface area contributed by atoms with Gasteiger partial charge in [-0.05, 0) is 36.7 Å². The van der Waals surface area contributed by atoms with Crippen LogP contribution in [0.15, 0.2) is 42.5 Å². The van der Waals surface area contributed by atoms with Crippen molar-refractivity contribution in [2.24, 2.45) is 0 Å². The number of ether oxygens (including phenoxy) is 3. The van der Waals surface area contributed by atoms with Crippen LogP contribution < -0.4 is 14.8 Å². The van der Waals surface area contributed by atoms with E-state index in [-0.39, 0.29) is 0 Å². The lowest BCUT2D eigenvalue weighted by molar-refractivity contribution is 0.194. The molecule has 0 aliphatic heterocycles. The Balaban J connectivity index is 2.02. The minimum atomic E-state index is 0.442. The Kier molecular flexibility index (Phi) is 7.89. The zero-order chi connectivity index (χ0) is 17.2. The molecule has 0 atom stereocenters. The van der Waals surface area contributed by atoms with E-state index in [0.29, 0.717) is 18.2 Å². The van der Waals surface area contributed by atoms with Crippen LogP contribution in [0.1, 0.15) is 17.5 Å². The molecule has 0 bridgehead atoms. The quantitative estimate of drug-likeness (QED) is 0.657. The number of rotatable bonds is 10. The van der Waals surface area contributed by atoms with Gasteiger partial charge in [-0.1, -0.05) is 35.9 Å². The van der Waals surface area contributed by atoms with E-state index in [1.54, 1.807) is 14.2 Å². The van der Waals surface area contributed by atoms with Gasteiger partial charge < -0.3 is 19.5 Å². The van der Waals surface area contributed by atoms with Crippen molar-refractivity contribution in [3.05, 3.63) is 58.6 Å². The maximum absolute atomic E-state index is 6.03. The van der Waals surface area contributed by atoms with Crippen LogP contribution >= 0.6 is 11.6 Å². The highest BCUT2D eigenvalue weighted by Gasteiger charge is 2.11. The zero-order valence-corrected chi connectivity index (χ0v) is 14.9. The molecule has 0 amide bonds. The number of hydrogen-bond acceptors (Lipinski definition) is 4. The third-order valence-electron chi connectivity index (χ3n) is 3.57. The van der Waals surface area contributed by atoms with Crippen molar-refractivity contribution >= 4 is 11.6 Å². The Morgan fingerprint density at radius 2 is 1.92 bits per heavy atom. The molecule has 4 nitrogen and oxygen atoms in total. The summed E-state index contributed by atoms with van der Waals surface area (Å²) in [5, 5.41) is 4.10. The van der Waals surface area contributed by atoms with E-state index in [2.05, 4.69) is 5.32 Å². The number of benzene rings is 2. The van der Waals surface area contributed by atoms with Crippen molar-refractivity contribution in [2.75, 3.05) is 27.4 Å². The molecule has 24 heavy (non-hydrogen) atoms. The largest absolute Gasteiger partial charge is 0.493 e. The fourth-order valence-corrected chi connectivity index (χ4v) is 2.58. The minimum Gasteiger partial charge on any atom is -0.493 e. The third-order valence-corrected chi connectivity index (χ3v) is 3.81. The van der Waals surface area contributed by atoms with Crippen molar-refractivity contribution in [1.29, 1.82) is 0 Å². The maximum Gasteiger partial charge on any atom is 0.166 e. The van der Waals surface area contributed by atoms with Gasteiger partial charge in [-0.2, -0.15) is 0 Å². The average Bonchev–Trinajstić information content (AvgIpc) is 2.60. The fraction of sp³-hybridized carbons (Fsp3) is 0.368. The summed E-state index contributed by atoms with van der Waals surface area (Å²) in [5.41, 5.74) is 2.08. The molecular weight excluding hydrogens is 326 g/mol. The summed E-state index contributed by atoms with van der Waals surface area (Å²) < 4.78 is 16.5. The second kappa shape index (κ2) is 10.2. The second-order valence-corrected chi connectivity index (χ2v) is 5.83. The van der Waals surface area contributed by atoms with Gasteiger partial charge in [0.15, 0.2) is 11.5 Å². The van der Waals surface area contributed by atoms with E-state index in [1.165, 1.54) is 0 Å². The molecule has 0 unspecified atom stereocenters. The van der Waals surface area contributed by atoms with E-state index in [0.717, 1.165) is 42.2 Å². The number of halogens is 1. The van der Waals surface area contributed by atoms with E-state index < -0.39 is 0 Å². The molecule has 2 rings (SSSR count). The lowest BCUT2D eigenvalue weighted by atomic mass is 10.1. The lowest BCUT2D eigenvalue weighted by Crippen LogP contribution is -2.17. The highest BCUT2D eigenvalue weighted by molar-refractivity contribution is 6.30. The lowest BCUT2D eigenvalue weighted by Gasteiger charge is -2.16. The first-order chi connectivity index (χ1) is 11.7. The van der Waals surface area contributed by atoms with Gasteiger partial charge in [-0.25, -0.2) is 0 Å². The summed E-state index contributed by atoms with van der Waals surface area (Å²) in [4.78, 5) is 0. The molecule has 1 N–H and O–H groups in total. The number of para-hydroxylation sites is 1. The molecule has 0 fully saturated rings. The Morgan fingerprint density at radius 1 is 1.08 bits per heavy atom. The highest BCUT2D eigenvalue weighted by Crippen LogP contribution is 2.32. The first-order valence-electron chi connectivity index (χ1n) is 7.97. The number of nitrogens with one attached hydrogen (secondary N) is 1. The molecule has 2 aromatic rings. The van der Waals surface area contributed by atoms with Gasteiger partial charge in [0.05, 0.1) is 7.11 Å². The summed E-state index contributed by atoms with van der Waals surface area (Å²) in [6, 6.07) is 13.6. The average molecular weight is 350 g/mol. The Bertz CT molecular complexity index is 634. The van der Waals surface area contributed by atoms with Crippen molar-refractivity contribution in [3.63, 3.8) is 0 Å². The molecule has 5 heteroatoms. The number of methoxy groups -OCH3 is 2. The first kappa shape index (κ1) is 18.6. The smallest absolute Gasteiger partial charge is 0.166 e. The topological polar surface area (TPSA) is 39.7 Å². The second-order valence-electron chi connectivity index (χ2n) is 5.39. The Hall–Kier alpha value is -1.75. The maximum atomic E-state index is 6.03. The Morgan fingerprint density at radius 3 is 2.67 bits per heavy atom. The van der Waals surface area contributed by atoms with Crippen LogP contribution in [0.4, 0.5) is 0 Å². The molecule has 0 saturated carbocycles. The predicted molar refractivity (Wildman–Crippen MR) is 97.0 cm³/mol. The van der Waals surface area contributed by atoms with E-state index >= 15 is 0 Å². The van der Waals surface area contributed by atoms with Gasteiger partial charge in [0, 0.05) is 30.8 Å². The summed E-state index contributed by atoms with van der Waals surface area (Å²) in [6.07, 6.45) is 0.971. The zero-order valence-electron chi connectivity index (χ0n) is 14.2. The summed E-state index contributed by atoms with van der Waals surface area (Å²) in [7, 11) is 3.36. The van der Waals surface area contributed by atoms with Crippen LogP contribution in [-0.4, -0.2) is 27.4 Å². The van der Waals surface area contributed by atoms with E-state index in [4.69, 9.17) is 25.8 Å². The monoisotopic (exact) mass is 349 g/mol. The highest BCUT2D eigenvalue weighted by atomic mass is 35.5. The normalized spacial score (nSPS) is 10.6. The molecule has 130 valence electrons. The SMILES string of the molecule is COCCCNCc1cccc(OC)c1OCc1cccc(Cl)c1. The summed E-state index contributed by atoms with van der Waals surface area (Å²) in [6.45, 7) is 2.80. The van der Waals surface area contributed by atoms with Gasteiger partial charge >= 0.3 is 0 Å². The molecular formula is C19H24ClNO3. The summed E-state index contributed by atoms with van der Waals surface area (Å²) in [5.74, 6) is 1.49. The van der Waals surface area contributed by atoms with Crippen LogP contribution in [0.25, 0.3) is 0 Å². The van der Waals surface area contributed by atoms with Gasteiger partial charge in [0.2, 0.25) is 0 Å². The Labute approximate surface area is 148 Å². The fourth-order valence-electron chi connectivity index (χ4n) is 2.37. The van der Waals surface area contributed by atoms with Crippen LogP contribution in [0.2, 0.25) is 5.02 Å². The van der Waals surface area contributed by atoms with Gasteiger partial charge in [-0.15, -0.1) is 0 Å². The molecule has 0 saturated heterocycles. The molecule has 0 aliphatic rings. The molecule has 2 aromatic carbocycles. The van der Waals surface area contributed by atoms with Crippen LogP contribution in [-0.2, 0) is 17.9 Å². The van der Waals surface area contributed by atoms with Gasteiger partial charge in [-0.3, -0.25) is 0 Å². The standard InChI is InChI=1S/C19H24ClNO3/c1-22-11-5-10-21-13-16-7-4-9-18(23-2)19(16)24-14-15-6-3-8-17(20)12-15/h3-4,6-9,12,21H,5,10-11,13-14H2,1-2H3. The molecule has 0 aromatic heterocycles. The predicted octanol–water partition coefficient (Wildman–Crippen LogP) is 4.05. The van der Waals surface area contributed by atoms with E-state index in [1.807, 2.05) is 42.5 Å². The molecule has 0 heterocycles. The molecule has 0 spiro atoms. The van der Waals surface area contributed by atoms with Gasteiger partial charge in [0.1, 0.15) is 6.61 Å². The minimum absolute atomic E-state index is 0.442. The van der Waals surface area contributed by atoms with Crippen molar-refractivity contribution < 1.29 is 14.2 Å². The molecule has 0 aliphatic carbocycles. The third kappa shape index (κ3) is 5.71. The molecule has 0 radical (unpaired) electrons. The number of hydrogen-bond donors (Lipinski definition) is 1. The van der Waals surface area contributed by atoms with Crippen molar-refractivity contribution in [3.8, 4) is 11.5 Å². The van der Waals surface area contributed by atoms with Crippen LogP contribution in [0.3, 0.4) is 0 Å². The van der Waals surface area contributed by atoms with Crippen LogP contribution in [0, 0.1) is 0 Å². The van der Waals surface area contributed by atoms with E-state index in [9.17, 15) is 0 Å². The first-order valence-corrected chi connectivity index (χ1v) is 8.35. The van der Waals surface area contributed by atoms with Crippen LogP contribution in [0.5, 0.6) is 11.5 Å². The summed E-state index contributed by atoms with van der Waals surface area (Å²) >= 11 is 6.03. The van der Waals surface area contributed by atoms with Crippen molar-refractivity contribution in [1.82, 2.24) is 5.32 Å².